The summed E-state index contributed by atoms with van der Waals surface area (Å²) in [7, 11) is 0. The Morgan fingerprint density at radius 1 is 1.19 bits per heavy atom. The number of fused-ring (bicyclic) bond motifs is 1. The fourth-order valence-corrected chi connectivity index (χ4v) is 2.66. The third-order valence-corrected chi connectivity index (χ3v) is 3.61. The van der Waals surface area contributed by atoms with Gasteiger partial charge in [-0.05, 0) is 31.5 Å². The van der Waals surface area contributed by atoms with Crippen LogP contribution in [0.2, 0.25) is 0 Å². The van der Waals surface area contributed by atoms with Crippen LogP contribution in [0, 0.1) is 13.8 Å². The summed E-state index contributed by atoms with van der Waals surface area (Å²) in [5.41, 5.74) is 4.02. The van der Waals surface area contributed by atoms with Crippen LogP contribution >= 0.6 is 0 Å². The van der Waals surface area contributed by atoms with Crippen LogP contribution in [-0.4, -0.2) is 20.6 Å². The van der Waals surface area contributed by atoms with E-state index in [-0.39, 0.29) is 0 Å². The molecule has 0 unspecified atom stereocenters. The van der Waals surface area contributed by atoms with Crippen LogP contribution < -0.4 is 0 Å². The summed E-state index contributed by atoms with van der Waals surface area (Å²) in [5.74, 6) is -0.105. The molecule has 3 aromatic rings. The summed E-state index contributed by atoms with van der Waals surface area (Å²) in [5, 5.41) is 9.39. The summed E-state index contributed by atoms with van der Waals surface area (Å²) in [6.07, 6.45) is 0. The highest BCUT2D eigenvalue weighted by atomic mass is 16.4. The largest absolute Gasteiger partial charge is 0.478 e. The molecule has 21 heavy (non-hydrogen) atoms. The predicted molar refractivity (Wildman–Crippen MR) is 81.7 cm³/mol. The monoisotopic (exact) mass is 280 g/mol. The molecular formula is C17H16N2O2. The molecular weight excluding hydrogens is 264 g/mol. The van der Waals surface area contributed by atoms with Gasteiger partial charge in [-0.1, -0.05) is 35.9 Å². The van der Waals surface area contributed by atoms with Gasteiger partial charge in [0.25, 0.3) is 0 Å². The zero-order chi connectivity index (χ0) is 15.0. The molecule has 0 fully saturated rings. The van der Waals surface area contributed by atoms with E-state index in [0.717, 1.165) is 16.9 Å². The Labute approximate surface area is 122 Å². The van der Waals surface area contributed by atoms with E-state index in [9.17, 15) is 9.90 Å². The number of rotatable bonds is 3. The molecule has 0 aliphatic rings. The van der Waals surface area contributed by atoms with Gasteiger partial charge in [-0.3, -0.25) is 0 Å². The van der Waals surface area contributed by atoms with Crippen LogP contribution in [0.1, 0.15) is 27.3 Å². The molecule has 4 heteroatoms. The summed E-state index contributed by atoms with van der Waals surface area (Å²) < 4.78 is 1.97. The SMILES string of the molecule is Cc1cccc(Cn2c(C)nc3cccc(C(=O)O)c32)c1. The Hall–Kier alpha value is -2.62. The third kappa shape index (κ3) is 2.40. The molecule has 0 bridgehead atoms. The van der Waals surface area contributed by atoms with Gasteiger partial charge in [-0.25, -0.2) is 9.78 Å². The third-order valence-electron chi connectivity index (χ3n) is 3.61. The fraction of sp³-hybridized carbons (Fsp3) is 0.176. The Kier molecular flexibility index (Phi) is 3.22. The lowest BCUT2D eigenvalue weighted by atomic mass is 10.1. The van der Waals surface area contributed by atoms with Gasteiger partial charge < -0.3 is 9.67 Å². The first-order chi connectivity index (χ1) is 10.1. The highest BCUT2D eigenvalue weighted by Gasteiger charge is 2.15. The molecule has 3 rings (SSSR count). The average molecular weight is 280 g/mol. The lowest BCUT2D eigenvalue weighted by Gasteiger charge is -2.09. The second kappa shape index (κ2) is 5.05. The maximum Gasteiger partial charge on any atom is 0.337 e. The fourth-order valence-electron chi connectivity index (χ4n) is 2.66. The van der Waals surface area contributed by atoms with Crippen LogP contribution in [-0.2, 0) is 6.54 Å². The molecule has 0 saturated heterocycles. The zero-order valence-electron chi connectivity index (χ0n) is 12.0. The van der Waals surface area contributed by atoms with E-state index in [1.165, 1.54) is 5.56 Å². The quantitative estimate of drug-likeness (QED) is 0.800. The van der Waals surface area contributed by atoms with Gasteiger partial charge in [0.15, 0.2) is 0 Å². The summed E-state index contributed by atoms with van der Waals surface area (Å²) in [6.45, 7) is 4.57. The van der Waals surface area contributed by atoms with Crippen LogP contribution in [0.5, 0.6) is 0 Å². The smallest absolute Gasteiger partial charge is 0.337 e. The van der Waals surface area contributed by atoms with Gasteiger partial charge in [-0.2, -0.15) is 0 Å². The predicted octanol–water partition coefficient (Wildman–Crippen LogP) is 3.40. The van der Waals surface area contributed by atoms with Crippen molar-refractivity contribution in [2.45, 2.75) is 20.4 Å². The molecule has 0 atom stereocenters. The summed E-state index contributed by atoms with van der Waals surface area (Å²) in [4.78, 5) is 15.9. The van der Waals surface area contributed by atoms with Crippen molar-refractivity contribution in [2.24, 2.45) is 0 Å². The number of hydrogen-bond acceptors (Lipinski definition) is 2. The van der Waals surface area contributed by atoms with E-state index >= 15 is 0 Å². The maximum atomic E-state index is 11.4. The minimum absolute atomic E-state index is 0.292. The topological polar surface area (TPSA) is 55.1 Å². The molecule has 0 amide bonds. The Balaban J connectivity index is 2.18. The minimum atomic E-state index is -0.925. The number of imidazole rings is 1. The molecule has 1 heterocycles. The highest BCUT2D eigenvalue weighted by Crippen LogP contribution is 2.22. The van der Waals surface area contributed by atoms with Crippen molar-refractivity contribution >= 4 is 17.0 Å². The van der Waals surface area contributed by atoms with Gasteiger partial charge in [0, 0.05) is 6.54 Å². The van der Waals surface area contributed by atoms with Gasteiger partial charge >= 0.3 is 5.97 Å². The molecule has 0 aliphatic heterocycles. The van der Waals surface area contributed by atoms with Gasteiger partial charge in [0.05, 0.1) is 16.6 Å². The lowest BCUT2D eigenvalue weighted by Crippen LogP contribution is -2.06. The number of hydrogen-bond donors (Lipinski definition) is 1. The van der Waals surface area contributed by atoms with Crippen molar-refractivity contribution < 1.29 is 9.90 Å². The van der Waals surface area contributed by atoms with Crippen molar-refractivity contribution in [3.8, 4) is 0 Å². The standard InChI is InChI=1S/C17H16N2O2/c1-11-5-3-6-13(9-11)10-19-12(2)18-15-8-4-7-14(16(15)19)17(20)21/h3-9H,10H2,1-2H3,(H,20,21). The molecule has 4 nitrogen and oxygen atoms in total. The number of carboxylic acid groups (broad SMARTS) is 1. The van der Waals surface area contributed by atoms with Crippen LogP contribution in [0.4, 0.5) is 0 Å². The van der Waals surface area contributed by atoms with Crippen molar-refractivity contribution in [1.29, 1.82) is 0 Å². The van der Waals surface area contributed by atoms with Crippen LogP contribution in [0.25, 0.3) is 11.0 Å². The molecule has 1 N–H and O–H groups in total. The van der Waals surface area contributed by atoms with Crippen molar-refractivity contribution in [3.05, 3.63) is 65.0 Å². The van der Waals surface area contributed by atoms with Crippen LogP contribution in [0.3, 0.4) is 0 Å². The number of aryl methyl sites for hydroxylation is 2. The summed E-state index contributed by atoms with van der Waals surface area (Å²) in [6, 6.07) is 13.4. The normalized spacial score (nSPS) is 11.0. The number of nitrogens with zero attached hydrogens (tertiary/aromatic N) is 2. The molecule has 106 valence electrons. The minimum Gasteiger partial charge on any atom is -0.478 e. The first-order valence-electron chi connectivity index (χ1n) is 6.81. The highest BCUT2D eigenvalue weighted by molar-refractivity contribution is 6.01. The molecule has 2 aromatic carbocycles. The summed E-state index contributed by atoms with van der Waals surface area (Å²) >= 11 is 0. The number of benzene rings is 2. The van der Waals surface area contributed by atoms with E-state index in [1.54, 1.807) is 12.1 Å². The molecule has 0 saturated carbocycles. The average Bonchev–Trinajstić information content (AvgIpc) is 2.75. The Bertz CT molecular complexity index is 834. The second-order valence-electron chi connectivity index (χ2n) is 5.21. The van der Waals surface area contributed by atoms with Crippen molar-refractivity contribution in [2.75, 3.05) is 0 Å². The number of aromatic nitrogens is 2. The van der Waals surface area contributed by atoms with E-state index in [4.69, 9.17) is 0 Å². The van der Waals surface area contributed by atoms with E-state index in [2.05, 4.69) is 11.1 Å². The van der Waals surface area contributed by atoms with Crippen LogP contribution in [0.15, 0.2) is 42.5 Å². The van der Waals surface area contributed by atoms with E-state index in [1.807, 2.05) is 42.7 Å². The Morgan fingerprint density at radius 2 is 1.95 bits per heavy atom. The number of carboxylic acids is 1. The molecule has 0 aliphatic carbocycles. The number of aromatic carboxylic acids is 1. The number of carbonyl (C=O) groups is 1. The molecule has 1 aromatic heterocycles. The molecule has 0 radical (unpaired) electrons. The van der Waals surface area contributed by atoms with Crippen molar-refractivity contribution in [1.82, 2.24) is 9.55 Å². The van der Waals surface area contributed by atoms with Gasteiger partial charge in [-0.15, -0.1) is 0 Å². The first kappa shape index (κ1) is 13.4. The molecule has 0 spiro atoms. The first-order valence-corrected chi connectivity index (χ1v) is 6.81. The van der Waals surface area contributed by atoms with Gasteiger partial charge in [0.1, 0.15) is 5.82 Å². The van der Waals surface area contributed by atoms with E-state index < -0.39 is 5.97 Å². The van der Waals surface area contributed by atoms with E-state index in [0.29, 0.717) is 17.6 Å². The lowest BCUT2D eigenvalue weighted by molar-refractivity contribution is 0.0698. The van der Waals surface area contributed by atoms with Gasteiger partial charge in [0.2, 0.25) is 0 Å². The Morgan fingerprint density at radius 3 is 2.67 bits per heavy atom. The second-order valence-corrected chi connectivity index (χ2v) is 5.21. The number of para-hydroxylation sites is 1. The van der Waals surface area contributed by atoms with Crippen molar-refractivity contribution in [3.63, 3.8) is 0 Å². The maximum absolute atomic E-state index is 11.4. The zero-order valence-corrected chi connectivity index (χ0v) is 12.0.